The largest absolute Gasteiger partial charge is 0.493 e. The Morgan fingerprint density at radius 1 is 1.33 bits per heavy atom. The number of imide groups is 1. The van der Waals surface area contributed by atoms with Crippen molar-refractivity contribution in [2.45, 2.75) is 0 Å². The van der Waals surface area contributed by atoms with Crippen LogP contribution < -0.4 is 9.47 Å². The van der Waals surface area contributed by atoms with Crippen LogP contribution in [0.5, 0.6) is 11.5 Å². The molecular weight excluding hydrogens is 523 g/mol. The SMILES string of the molecule is C=CCOc1c(I)cc(/C=C2\SC(=O)N(CC(=O)N3CCOCC3)C2=O)cc1OC. The molecule has 2 saturated heterocycles. The van der Waals surface area contributed by atoms with E-state index in [9.17, 15) is 14.4 Å². The lowest BCUT2D eigenvalue weighted by Gasteiger charge is -2.28. The molecule has 1 aromatic carbocycles. The van der Waals surface area contributed by atoms with Crippen LogP contribution in [0.2, 0.25) is 0 Å². The van der Waals surface area contributed by atoms with Crippen LogP contribution in [0.25, 0.3) is 6.08 Å². The Kier molecular flexibility index (Phi) is 7.78. The molecule has 0 unspecified atom stereocenters. The standard InChI is InChI=1S/C20H21IN2O6S/c1-3-6-29-18-14(21)9-13(10-15(18)27-2)11-16-19(25)23(20(26)30-16)12-17(24)22-4-7-28-8-5-22/h3,9-11H,1,4-8,12H2,2H3/b16-11-. The zero-order valence-corrected chi connectivity index (χ0v) is 19.4. The second kappa shape index (κ2) is 10.3. The van der Waals surface area contributed by atoms with Crippen molar-refractivity contribution in [3.05, 3.63) is 38.8 Å². The number of ether oxygens (including phenoxy) is 3. The number of nitrogens with zero attached hydrogens (tertiary/aromatic N) is 2. The number of rotatable bonds is 7. The van der Waals surface area contributed by atoms with E-state index in [0.29, 0.717) is 50.0 Å². The molecule has 2 aliphatic rings. The summed E-state index contributed by atoms with van der Waals surface area (Å²) in [5.74, 6) is 0.352. The van der Waals surface area contributed by atoms with Crippen LogP contribution in [0.15, 0.2) is 29.7 Å². The predicted molar refractivity (Wildman–Crippen MR) is 121 cm³/mol. The maximum Gasteiger partial charge on any atom is 0.294 e. The molecule has 0 aromatic heterocycles. The Balaban J connectivity index is 1.77. The quantitative estimate of drug-likeness (QED) is 0.297. The topological polar surface area (TPSA) is 85.4 Å². The predicted octanol–water partition coefficient (Wildman–Crippen LogP) is 2.76. The highest BCUT2D eigenvalue weighted by Crippen LogP contribution is 2.37. The fraction of sp³-hybridized carbons (Fsp3) is 0.350. The summed E-state index contributed by atoms with van der Waals surface area (Å²) in [4.78, 5) is 40.3. The number of thioether (sulfide) groups is 1. The van der Waals surface area contributed by atoms with Crippen molar-refractivity contribution < 1.29 is 28.6 Å². The van der Waals surface area contributed by atoms with Gasteiger partial charge in [-0.3, -0.25) is 19.3 Å². The Morgan fingerprint density at radius 2 is 2.07 bits per heavy atom. The Hall–Kier alpha value is -2.05. The van der Waals surface area contributed by atoms with Gasteiger partial charge in [-0.05, 0) is 58.1 Å². The number of methoxy groups -OCH3 is 1. The van der Waals surface area contributed by atoms with Gasteiger partial charge in [0.15, 0.2) is 11.5 Å². The molecule has 2 fully saturated rings. The van der Waals surface area contributed by atoms with Gasteiger partial charge in [0.25, 0.3) is 11.1 Å². The zero-order chi connectivity index (χ0) is 21.7. The minimum Gasteiger partial charge on any atom is -0.493 e. The van der Waals surface area contributed by atoms with Gasteiger partial charge in [-0.1, -0.05) is 12.7 Å². The van der Waals surface area contributed by atoms with E-state index in [1.807, 2.05) is 6.07 Å². The Bertz CT molecular complexity index is 898. The van der Waals surface area contributed by atoms with Gasteiger partial charge in [0, 0.05) is 13.1 Å². The molecule has 0 saturated carbocycles. The molecule has 0 radical (unpaired) electrons. The lowest BCUT2D eigenvalue weighted by molar-refractivity contribution is -0.139. The number of halogens is 1. The average Bonchev–Trinajstić information content (AvgIpc) is 3.00. The monoisotopic (exact) mass is 544 g/mol. The lowest BCUT2D eigenvalue weighted by atomic mass is 10.2. The van der Waals surface area contributed by atoms with Gasteiger partial charge >= 0.3 is 0 Å². The highest BCUT2D eigenvalue weighted by molar-refractivity contribution is 14.1. The van der Waals surface area contributed by atoms with E-state index < -0.39 is 11.1 Å². The highest BCUT2D eigenvalue weighted by Gasteiger charge is 2.37. The lowest BCUT2D eigenvalue weighted by Crippen LogP contribution is -2.46. The Morgan fingerprint density at radius 3 is 2.73 bits per heavy atom. The van der Waals surface area contributed by atoms with Crippen molar-refractivity contribution in [3.8, 4) is 11.5 Å². The number of amides is 3. The molecule has 3 amide bonds. The van der Waals surface area contributed by atoms with Gasteiger partial charge in [-0.15, -0.1) is 0 Å². The van der Waals surface area contributed by atoms with Crippen LogP contribution in [-0.2, 0) is 14.3 Å². The van der Waals surface area contributed by atoms with E-state index in [2.05, 4.69) is 29.2 Å². The third-order valence-electron chi connectivity index (χ3n) is 4.43. The molecule has 0 aliphatic carbocycles. The van der Waals surface area contributed by atoms with Crippen molar-refractivity contribution >= 4 is 57.5 Å². The van der Waals surface area contributed by atoms with Crippen LogP contribution in [0.3, 0.4) is 0 Å². The van der Waals surface area contributed by atoms with Gasteiger partial charge in [0.05, 0.1) is 28.8 Å². The second-order valence-electron chi connectivity index (χ2n) is 6.39. The van der Waals surface area contributed by atoms with Gasteiger partial charge in [-0.25, -0.2) is 0 Å². The number of morpholine rings is 1. The average molecular weight is 544 g/mol. The summed E-state index contributed by atoms with van der Waals surface area (Å²) >= 11 is 2.94. The number of hydrogen-bond donors (Lipinski definition) is 0. The fourth-order valence-corrected chi connectivity index (χ4v) is 4.56. The van der Waals surface area contributed by atoms with Crippen LogP contribution in [0.1, 0.15) is 5.56 Å². The van der Waals surface area contributed by atoms with Gasteiger partial charge < -0.3 is 19.1 Å². The minimum atomic E-state index is -0.479. The normalized spacial score (nSPS) is 18.1. The van der Waals surface area contributed by atoms with Crippen molar-refractivity contribution in [2.75, 3.05) is 46.6 Å². The first kappa shape index (κ1) is 22.6. The summed E-state index contributed by atoms with van der Waals surface area (Å²) in [5, 5.41) is -0.458. The van der Waals surface area contributed by atoms with Crippen LogP contribution in [-0.4, -0.2) is 73.4 Å². The van der Waals surface area contributed by atoms with E-state index >= 15 is 0 Å². The zero-order valence-electron chi connectivity index (χ0n) is 16.4. The summed E-state index contributed by atoms with van der Waals surface area (Å²) in [6, 6.07) is 3.56. The van der Waals surface area contributed by atoms with Crippen molar-refractivity contribution in [1.82, 2.24) is 9.80 Å². The second-order valence-corrected chi connectivity index (χ2v) is 8.55. The molecular formula is C20H21IN2O6S. The first-order chi connectivity index (χ1) is 14.4. The summed E-state index contributed by atoms with van der Waals surface area (Å²) in [6.45, 7) is 5.54. The first-order valence-electron chi connectivity index (χ1n) is 9.16. The molecule has 3 rings (SSSR count). The van der Waals surface area contributed by atoms with Crippen LogP contribution in [0, 0.1) is 3.57 Å². The number of carbonyl (C=O) groups is 3. The number of hydrogen-bond acceptors (Lipinski definition) is 7. The maximum atomic E-state index is 12.7. The minimum absolute atomic E-state index is 0.257. The first-order valence-corrected chi connectivity index (χ1v) is 11.1. The third kappa shape index (κ3) is 5.16. The van der Waals surface area contributed by atoms with Crippen molar-refractivity contribution in [2.24, 2.45) is 0 Å². The van der Waals surface area contributed by atoms with E-state index in [1.54, 1.807) is 23.1 Å². The van der Waals surface area contributed by atoms with Gasteiger partial charge in [0.2, 0.25) is 5.91 Å². The molecule has 8 nitrogen and oxygen atoms in total. The van der Waals surface area contributed by atoms with Crippen LogP contribution in [0.4, 0.5) is 4.79 Å². The summed E-state index contributed by atoms with van der Waals surface area (Å²) < 4.78 is 17.0. The maximum absolute atomic E-state index is 12.7. The molecule has 0 spiro atoms. The summed E-state index contributed by atoms with van der Waals surface area (Å²) in [7, 11) is 1.53. The molecule has 2 heterocycles. The molecule has 0 N–H and O–H groups in total. The fourth-order valence-electron chi connectivity index (χ4n) is 2.94. The number of benzene rings is 1. The molecule has 2 aliphatic heterocycles. The van der Waals surface area contributed by atoms with Crippen molar-refractivity contribution in [1.29, 1.82) is 0 Å². The highest BCUT2D eigenvalue weighted by atomic mass is 127. The summed E-state index contributed by atoms with van der Waals surface area (Å²) in [6.07, 6.45) is 3.25. The number of carbonyl (C=O) groups excluding carboxylic acids is 3. The molecule has 0 bridgehead atoms. The molecule has 10 heteroatoms. The molecule has 160 valence electrons. The van der Waals surface area contributed by atoms with E-state index in [4.69, 9.17) is 14.2 Å². The molecule has 0 atom stereocenters. The van der Waals surface area contributed by atoms with E-state index in [1.165, 1.54) is 7.11 Å². The van der Waals surface area contributed by atoms with E-state index in [0.717, 1.165) is 20.2 Å². The van der Waals surface area contributed by atoms with Crippen LogP contribution >= 0.6 is 34.4 Å². The van der Waals surface area contributed by atoms with E-state index in [-0.39, 0.29) is 17.4 Å². The Labute approximate surface area is 192 Å². The molecule has 1 aromatic rings. The molecule has 30 heavy (non-hydrogen) atoms. The summed E-state index contributed by atoms with van der Waals surface area (Å²) in [5.41, 5.74) is 0.687. The smallest absolute Gasteiger partial charge is 0.294 e. The van der Waals surface area contributed by atoms with Gasteiger partial charge in [0.1, 0.15) is 13.2 Å². The van der Waals surface area contributed by atoms with Gasteiger partial charge in [-0.2, -0.15) is 0 Å². The van der Waals surface area contributed by atoms with Crippen molar-refractivity contribution in [3.63, 3.8) is 0 Å². The third-order valence-corrected chi connectivity index (χ3v) is 6.13.